The molecule has 45 heavy (non-hydrogen) atoms. The quantitative estimate of drug-likeness (QED) is 0.197. The van der Waals surface area contributed by atoms with Gasteiger partial charge in [0.05, 0.1) is 10.4 Å². The average molecular weight is 604 g/mol. The van der Waals surface area contributed by atoms with Crippen molar-refractivity contribution in [3.8, 4) is 0 Å². The Morgan fingerprint density at radius 1 is 0.644 bits per heavy atom. The van der Waals surface area contributed by atoms with Gasteiger partial charge < -0.3 is 0 Å². The van der Waals surface area contributed by atoms with Gasteiger partial charge >= 0.3 is 0 Å². The number of sulfonamides is 1. The minimum Gasteiger partial charge on any atom is -0.207 e. The summed E-state index contributed by atoms with van der Waals surface area (Å²) in [5, 5.41) is 2.19. The molecule has 1 aliphatic carbocycles. The lowest BCUT2D eigenvalue weighted by Gasteiger charge is -2.39. The first kappa shape index (κ1) is 27.8. The molecule has 220 valence electrons. The average Bonchev–Trinajstić information content (AvgIpc) is 3.63. The first-order valence-electron chi connectivity index (χ1n) is 15.5. The number of rotatable bonds is 5. The minimum absolute atomic E-state index is 0.00734. The summed E-state index contributed by atoms with van der Waals surface area (Å²) in [6.07, 6.45) is 0.629. The molecule has 4 heteroatoms. The van der Waals surface area contributed by atoms with Gasteiger partial charge in [0.2, 0.25) is 10.0 Å². The Bertz CT molecular complexity index is 2170. The third kappa shape index (κ3) is 4.32. The van der Waals surface area contributed by atoms with Gasteiger partial charge in [0, 0.05) is 12.5 Å². The highest BCUT2D eigenvalue weighted by atomic mass is 32.2. The second-order valence-electron chi connectivity index (χ2n) is 12.2. The van der Waals surface area contributed by atoms with Crippen molar-refractivity contribution in [1.82, 2.24) is 4.31 Å². The number of fused-ring (bicyclic) bond motifs is 4. The SMILES string of the molecule is Cc1ccc(S(=O)(=O)N2CC(c3ccccc3)C[C@@]23C(c2ccccc2)=C(c2ccccc2)c2ccc4ccccc4c23)cc1. The van der Waals surface area contributed by atoms with Crippen molar-refractivity contribution in [3.05, 3.63) is 185 Å². The zero-order chi connectivity index (χ0) is 30.6. The van der Waals surface area contributed by atoms with Crippen LogP contribution in [-0.4, -0.2) is 19.3 Å². The van der Waals surface area contributed by atoms with Crippen LogP contribution in [-0.2, 0) is 15.6 Å². The van der Waals surface area contributed by atoms with Gasteiger partial charge in [-0.2, -0.15) is 4.31 Å². The van der Waals surface area contributed by atoms with E-state index in [-0.39, 0.29) is 5.92 Å². The smallest absolute Gasteiger partial charge is 0.207 e. The number of hydrogen-bond acceptors (Lipinski definition) is 2. The number of nitrogens with zero attached hydrogens (tertiary/aromatic N) is 1. The lowest BCUT2D eigenvalue weighted by molar-refractivity contribution is 0.327. The van der Waals surface area contributed by atoms with E-state index in [2.05, 4.69) is 109 Å². The Labute approximate surface area is 265 Å². The third-order valence-corrected chi connectivity index (χ3v) is 11.5. The topological polar surface area (TPSA) is 37.4 Å². The number of hydrogen-bond donors (Lipinski definition) is 0. The van der Waals surface area contributed by atoms with Gasteiger partial charge in [-0.25, -0.2) is 8.42 Å². The Hall–Kier alpha value is -4.77. The summed E-state index contributed by atoms with van der Waals surface area (Å²) < 4.78 is 32.2. The van der Waals surface area contributed by atoms with Gasteiger partial charge in [-0.3, -0.25) is 0 Å². The first-order chi connectivity index (χ1) is 22.0. The molecule has 0 radical (unpaired) electrons. The molecule has 1 heterocycles. The van der Waals surface area contributed by atoms with E-state index in [0.717, 1.165) is 55.3 Å². The van der Waals surface area contributed by atoms with E-state index in [1.165, 1.54) is 0 Å². The van der Waals surface area contributed by atoms with Crippen molar-refractivity contribution in [2.45, 2.75) is 29.7 Å². The summed E-state index contributed by atoms with van der Waals surface area (Å²) in [6.45, 7) is 2.36. The van der Waals surface area contributed by atoms with Crippen LogP contribution in [0.3, 0.4) is 0 Å². The lowest BCUT2D eigenvalue weighted by atomic mass is 9.77. The Morgan fingerprint density at radius 3 is 1.93 bits per heavy atom. The van der Waals surface area contributed by atoms with E-state index in [4.69, 9.17) is 0 Å². The molecule has 6 aromatic carbocycles. The van der Waals surface area contributed by atoms with E-state index < -0.39 is 15.6 Å². The molecule has 1 fully saturated rings. The van der Waals surface area contributed by atoms with Crippen LogP contribution in [0.25, 0.3) is 21.9 Å². The van der Waals surface area contributed by atoms with Gasteiger partial charge in [0.1, 0.15) is 0 Å². The van der Waals surface area contributed by atoms with Gasteiger partial charge in [-0.15, -0.1) is 0 Å². The molecule has 0 bridgehead atoms. The molecule has 1 aliphatic heterocycles. The third-order valence-electron chi connectivity index (χ3n) is 9.63. The predicted molar refractivity (Wildman–Crippen MR) is 183 cm³/mol. The predicted octanol–water partition coefficient (Wildman–Crippen LogP) is 9.19. The largest absolute Gasteiger partial charge is 0.244 e. The zero-order valence-electron chi connectivity index (χ0n) is 25.1. The molecule has 2 atom stereocenters. The van der Waals surface area contributed by atoms with Crippen molar-refractivity contribution >= 4 is 31.9 Å². The highest BCUT2D eigenvalue weighted by Gasteiger charge is 2.59. The van der Waals surface area contributed by atoms with Crippen LogP contribution < -0.4 is 0 Å². The van der Waals surface area contributed by atoms with E-state index in [1.807, 2.05) is 41.6 Å². The second kappa shape index (κ2) is 10.7. The monoisotopic (exact) mass is 603 g/mol. The van der Waals surface area contributed by atoms with E-state index in [0.29, 0.717) is 17.9 Å². The van der Waals surface area contributed by atoms with Crippen LogP contribution >= 0.6 is 0 Å². The standard InChI is InChI=1S/C41H33NO2S/c1-29-21-24-35(25-22-29)45(43,44)42-28-34(30-13-5-2-6-14-30)27-41(42)39(33-18-9-4-10-19-33)38(32-16-7-3-8-17-32)37-26-23-31-15-11-12-20-36(31)40(37)41/h2-26,34H,27-28H2,1H3/t34?,41-/m0/s1. The molecule has 3 nitrogen and oxygen atoms in total. The van der Waals surface area contributed by atoms with E-state index in [1.54, 1.807) is 12.1 Å². The Balaban J connectivity index is 1.53. The summed E-state index contributed by atoms with van der Waals surface area (Å²) >= 11 is 0. The van der Waals surface area contributed by atoms with Crippen molar-refractivity contribution in [2.24, 2.45) is 0 Å². The number of benzene rings is 6. The maximum atomic E-state index is 15.2. The highest BCUT2D eigenvalue weighted by Crippen LogP contribution is 2.63. The van der Waals surface area contributed by atoms with Gasteiger partial charge in [-0.1, -0.05) is 145 Å². The van der Waals surface area contributed by atoms with Crippen LogP contribution in [0.5, 0.6) is 0 Å². The van der Waals surface area contributed by atoms with Crippen LogP contribution in [0.2, 0.25) is 0 Å². The summed E-state index contributed by atoms with van der Waals surface area (Å²) in [7, 11) is -3.95. The van der Waals surface area contributed by atoms with Crippen LogP contribution in [0, 0.1) is 6.92 Å². The lowest BCUT2D eigenvalue weighted by Crippen LogP contribution is -2.45. The molecule has 1 spiro atoms. The first-order valence-corrected chi connectivity index (χ1v) is 17.0. The fourth-order valence-corrected chi connectivity index (χ4v) is 9.48. The molecule has 1 saturated heterocycles. The molecule has 0 amide bonds. The second-order valence-corrected chi connectivity index (χ2v) is 14.1. The van der Waals surface area contributed by atoms with Gasteiger partial charge in [0.25, 0.3) is 0 Å². The molecule has 8 rings (SSSR count). The molecule has 6 aromatic rings. The van der Waals surface area contributed by atoms with Crippen molar-refractivity contribution in [3.63, 3.8) is 0 Å². The zero-order valence-corrected chi connectivity index (χ0v) is 25.9. The molecule has 0 aromatic heterocycles. The maximum absolute atomic E-state index is 15.2. The molecular formula is C41H33NO2S. The molecule has 0 N–H and O–H groups in total. The summed E-state index contributed by atoms with van der Waals surface area (Å²) in [5.41, 5.74) is 7.67. The molecule has 2 aliphatic rings. The molecule has 1 unspecified atom stereocenters. The van der Waals surface area contributed by atoms with E-state index in [9.17, 15) is 0 Å². The van der Waals surface area contributed by atoms with Crippen LogP contribution in [0.4, 0.5) is 0 Å². The highest BCUT2D eigenvalue weighted by molar-refractivity contribution is 7.89. The fourth-order valence-electron chi connectivity index (χ4n) is 7.71. The summed E-state index contributed by atoms with van der Waals surface area (Å²) in [5.74, 6) is -0.00734. The van der Waals surface area contributed by atoms with Crippen LogP contribution in [0.1, 0.15) is 45.7 Å². The van der Waals surface area contributed by atoms with Crippen LogP contribution in [0.15, 0.2) is 157 Å². The maximum Gasteiger partial charge on any atom is 0.244 e. The molecular weight excluding hydrogens is 571 g/mol. The fraction of sp³-hybridized carbons (Fsp3) is 0.122. The Morgan fingerprint density at radius 2 is 1.24 bits per heavy atom. The Kier molecular flexibility index (Phi) is 6.59. The minimum atomic E-state index is -3.95. The normalized spacial score (nSPS) is 19.8. The van der Waals surface area contributed by atoms with Gasteiger partial charge in [-0.05, 0) is 75.2 Å². The molecule has 0 saturated carbocycles. The number of aryl methyl sites for hydroxylation is 1. The van der Waals surface area contributed by atoms with E-state index >= 15 is 8.42 Å². The summed E-state index contributed by atoms with van der Waals surface area (Å²) in [4.78, 5) is 0.323. The van der Waals surface area contributed by atoms with Crippen molar-refractivity contribution < 1.29 is 8.42 Å². The summed E-state index contributed by atoms with van der Waals surface area (Å²) in [6, 6.07) is 51.4. The van der Waals surface area contributed by atoms with Crippen molar-refractivity contribution in [2.75, 3.05) is 6.54 Å². The van der Waals surface area contributed by atoms with Crippen molar-refractivity contribution in [1.29, 1.82) is 0 Å². The van der Waals surface area contributed by atoms with Gasteiger partial charge in [0.15, 0.2) is 0 Å².